The Kier molecular flexibility index (Phi) is 19.1. The molecule has 304 valence electrons. The van der Waals surface area contributed by atoms with Crippen molar-refractivity contribution < 1.29 is 20.1 Å². The number of ether oxygens (including phenoxy) is 1. The Morgan fingerprint density at radius 3 is 1.23 bits per heavy atom. The quantitative estimate of drug-likeness (QED) is 0.0799. The first-order valence-corrected chi connectivity index (χ1v) is 21.7. The molecular formula is C49H84O4. The second kappa shape index (κ2) is 21.4. The highest BCUT2D eigenvalue weighted by Gasteiger charge is 2.44. The largest absolute Gasteiger partial charge is 0.485 e. The zero-order chi connectivity index (χ0) is 39.9. The molecule has 4 nitrogen and oxygen atoms in total. The van der Waals surface area contributed by atoms with Crippen LogP contribution in [0.2, 0.25) is 0 Å². The van der Waals surface area contributed by atoms with Gasteiger partial charge < -0.3 is 20.1 Å². The van der Waals surface area contributed by atoms with E-state index >= 15 is 0 Å². The summed E-state index contributed by atoms with van der Waals surface area (Å²) in [5, 5.41) is 33.3. The summed E-state index contributed by atoms with van der Waals surface area (Å²) in [5.41, 5.74) is 4.30. The molecule has 0 spiro atoms. The molecule has 53 heavy (non-hydrogen) atoms. The van der Waals surface area contributed by atoms with Crippen LogP contribution in [0, 0.1) is 5.41 Å². The molecule has 0 aromatic heterocycles. The summed E-state index contributed by atoms with van der Waals surface area (Å²) in [5.74, 6) is 0.781. The lowest BCUT2D eigenvalue weighted by atomic mass is 9.69. The first-order chi connectivity index (χ1) is 25.0. The number of benzene rings is 2. The highest BCUT2D eigenvalue weighted by molar-refractivity contribution is 5.47. The van der Waals surface area contributed by atoms with E-state index in [-0.39, 0.29) is 21.7 Å². The number of aliphatic hydroxyl groups is 3. The molecule has 1 unspecified atom stereocenters. The van der Waals surface area contributed by atoms with Gasteiger partial charge in [0.25, 0.3) is 0 Å². The normalized spacial score (nSPS) is 13.8. The van der Waals surface area contributed by atoms with Gasteiger partial charge in [0, 0.05) is 5.56 Å². The van der Waals surface area contributed by atoms with Crippen LogP contribution in [0.5, 0.6) is 5.75 Å². The number of unbranched alkanes of at least 4 members (excludes halogenated alkanes) is 8. The summed E-state index contributed by atoms with van der Waals surface area (Å²) in [4.78, 5) is 0. The van der Waals surface area contributed by atoms with Crippen LogP contribution in [0.1, 0.15) is 220 Å². The third kappa shape index (κ3) is 12.8. The van der Waals surface area contributed by atoms with Crippen LogP contribution in [-0.2, 0) is 21.7 Å². The molecule has 0 aliphatic rings. The Hall–Kier alpha value is -1.88. The van der Waals surface area contributed by atoms with E-state index in [4.69, 9.17) is 4.74 Å². The highest BCUT2D eigenvalue weighted by Crippen LogP contribution is 2.48. The van der Waals surface area contributed by atoms with E-state index in [0.29, 0.717) is 0 Å². The van der Waals surface area contributed by atoms with Crippen molar-refractivity contribution >= 4 is 0 Å². The molecule has 0 heterocycles. The molecular weight excluding hydrogens is 653 g/mol. The minimum Gasteiger partial charge on any atom is -0.485 e. The fraction of sp³-hybridized carbons (Fsp3) is 0.755. The van der Waals surface area contributed by atoms with Gasteiger partial charge in [-0.3, -0.25) is 0 Å². The molecule has 0 bridgehead atoms. The molecule has 0 aliphatic heterocycles. The van der Waals surface area contributed by atoms with Gasteiger partial charge in [-0.1, -0.05) is 190 Å². The fourth-order valence-corrected chi connectivity index (χ4v) is 8.24. The van der Waals surface area contributed by atoms with Crippen molar-refractivity contribution in [2.45, 2.75) is 214 Å². The summed E-state index contributed by atoms with van der Waals surface area (Å²) in [6.45, 7) is 26.6. The Bertz CT molecular complexity index is 1320. The van der Waals surface area contributed by atoms with Crippen LogP contribution in [0.15, 0.2) is 36.4 Å². The maximum absolute atomic E-state index is 11.1. The van der Waals surface area contributed by atoms with Crippen molar-refractivity contribution in [2.75, 3.05) is 19.8 Å². The van der Waals surface area contributed by atoms with Gasteiger partial charge in [0.15, 0.2) is 0 Å². The zero-order valence-corrected chi connectivity index (χ0v) is 36.7. The third-order valence-corrected chi connectivity index (χ3v) is 12.7. The van der Waals surface area contributed by atoms with Crippen LogP contribution < -0.4 is 4.74 Å². The van der Waals surface area contributed by atoms with E-state index in [2.05, 4.69) is 119 Å². The van der Waals surface area contributed by atoms with Crippen molar-refractivity contribution in [3.63, 3.8) is 0 Å². The monoisotopic (exact) mass is 737 g/mol. The van der Waals surface area contributed by atoms with E-state index in [9.17, 15) is 15.3 Å². The standard InChI is InChI=1S/C49H84O4/c1-13-17-21-29-45(5,6)38-25-27-40(41(33-38)47(9,10)31-23-19-15-3)44(49(35-50,36-51)37-52)53-43-28-26-39(46(7,8)30-22-18-14-2)34-42(43)48(11,12)32-24-20-16-4/h25-28,33-34,44,50-52H,13-24,29-32,35-37H2,1-12H3. The zero-order valence-electron chi connectivity index (χ0n) is 36.7. The second-order valence-corrected chi connectivity index (χ2v) is 19.2. The predicted octanol–water partition coefficient (Wildman–Crippen LogP) is 13.2. The topological polar surface area (TPSA) is 69.9 Å². The van der Waals surface area contributed by atoms with Crippen LogP contribution >= 0.6 is 0 Å². The van der Waals surface area contributed by atoms with Crippen LogP contribution in [0.3, 0.4) is 0 Å². The van der Waals surface area contributed by atoms with Gasteiger partial charge in [-0.2, -0.15) is 0 Å². The molecule has 0 fully saturated rings. The third-order valence-electron chi connectivity index (χ3n) is 12.7. The average molecular weight is 737 g/mol. The molecule has 2 rings (SSSR count). The minimum absolute atomic E-state index is 0.00419. The van der Waals surface area contributed by atoms with Crippen LogP contribution in [-0.4, -0.2) is 35.1 Å². The molecule has 0 amide bonds. The second-order valence-electron chi connectivity index (χ2n) is 19.2. The first kappa shape index (κ1) is 47.3. The SMILES string of the molecule is CCCCCC(C)(C)c1ccc(OC(c2ccc(C(C)(C)CCCCC)cc2C(C)(C)CCCCC)C(CO)(CO)CO)c(C(C)(C)CCCCC)c1. The molecule has 3 N–H and O–H groups in total. The molecule has 1 atom stereocenters. The lowest BCUT2D eigenvalue weighted by molar-refractivity contribution is -0.0753. The molecule has 0 radical (unpaired) electrons. The maximum Gasteiger partial charge on any atom is 0.136 e. The van der Waals surface area contributed by atoms with Gasteiger partial charge in [-0.25, -0.2) is 0 Å². The summed E-state index contributed by atoms with van der Waals surface area (Å²) in [7, 11) is 0. The minimum atomic E-state index is -1.30. The van der Waals surface area contributed by atoms with Gasteiger partial charge in [0.05, 0.1) is 25.2 Å². The molecule has 4 heteroatoms. The molecule has 0 aliphatic carbocycles. The van der Waals surface area contributed by atoms with Gasteiger partial charge in [-0.05, 0) is 75.7 Å². The highest BCUT2D eigenvalue weighted by atomic mass is 16.5. The predicted molar refractivity (Wildman–Crippen MR) is 229 cm³/mol. The smallest absolute Gasteiger partial charge is 0.136 e. The van der Waals surface area contributed by atoms with Crippen molar-refractivity contribution in [3.8, 4) is 5.75 Å². The van der Waals surface area contributed by atoms with Gasteiger partial charge >= 0.3 is 0 Å². The summed E-state index contributed by atoms with van der Waals surface area (Å²) >= 11 is 0. The Labute approximate surface area is 327 Å². The summed E-state index contributed by atoms with van der Waals surface area (Å²) in [6, 6.07) is 13.6. The number of rotatable bonds is 27. The van der Waals surface area contributed by atoms with Crippen molar-refractivity contribution in [1.82, 2.24) is 0 Å². The van der Waals surface area contributed by atoms with E-state index in [1.54, 1.807) is 0 Å². The maximum atomic E-state index is 11.1. The Morgan fingerprint density at radius 1 is 0.472 bits per heavy atom. The number of hydrogen-bond donors (Lipinski definition) is 3. The Balaban J connectivity index is 2.93. The first-order valence-electron chi connectivity index (χ1n) is 21.7. The van der Waals surface area contributed by atoms with E-state index in [1.807, 2.05) is 0 Å². The fourth-order valence-electron chi connectivity index (χ4n) is 8.24. The average Bonchev–Trinajstić information content (AvgIpc) is 3.12. The van der Waals surface area contributed by atoms with Gasteiger partial charge in [0.2, 0.25) is 0 Å². The van der Waals surface area contributed by atoms with Gasteiger partial charge in [0.1, 0.15) is 11.9 Å². The summed E-state index contributed by atoms with van der Waals surface area (Å²) in [6.07, 6.45) is 17.7. The van der Waals surface area contributed by atoms with Crippen molar-refractivity contribution in [2.24, 2.45) is 5.41 Å². The number of hydrogen-bond acceptors (Lipinski definition) is 4. The van der Waals surface area contributed by atoms with E-state index in [1.165, 1.54) is 80.0 Å². The van der Waals surface area contributed by atoms with Crippen LogP contribution in [0.4, 0.5) is 0 Å². The van der Waals surface area contributed by atoms with Gasteiger partial charge in [-0.15, -0.1) is 0 Å². The van der Waals surface area contributed by atoms with Crippen molar-refractivity contribution in [1.29, 1.82) is 0 Å². The molecule has 2 aromatic rings. The number of aliphatic hydroxyl groups excluding tert-OH is 3. The molecule has 0 saturated heterocycles. The lowest BCUT2D eigenvalue weighted by Crippen LogP contribution is -2.44. The molecule has 0 saturated carbocycles. The molecule has 2 aromatic carbocycles. The lowest BCUT2D eigenvalue weighted by Gasteiger charge is -2.41. The van der Waals surface area contributed by atoms with E-state index < -0.39 is 31.3 Å². The Morgan fingerprint density at radius 2 is 0.830 bits per heavy atom. The van der Waals surface area contributed by atoms with Crippen LogP contribution in [0.25, 0.3) is 0 Å². The summed E-state index contributed by atoms with van der Waals surface area (Å²) < 4.78 is 7.32. The van der Waals surface area contributed by atoms with E-state index in [0.717, 1.165) is 56.3 Å². The van der Waals surface area contributed by atoms with Crippen molar-refractivity contribution in [3.05, 3.63) is 64.2 Å².